The summed E-state index contributed by atoms with van der Waals surface area (Å²) >= 11 is 0. The number of ether oxygens (including phenoxy) is 1. The molecule has 5 nitrogen and oxygen atoms in total. The number of carbonyl (C=O) groups is 2. The summed E-state index contributed by atoms with van der Waals surface area (Å²) in [5.74, 6) is -1.08. The highest BCUT2D eigenvalue weighted by atomic mass is 16.5. The first-order valence-corrected chi connectivity index (χ1v) is 6.83. The van der Waals surface area contributed by atoms with Crippen molar-refractivity contribution < 1.29 is 24.5 Å². The van der Waals surface area contributed by atoms with Gasteiger partial charge in [-0.3, -0.25) is 9.59 Å². The van der Waals surface area contributed by atoms with Crippen LogP contribution >= 0.6 is 0 Å². The van der Waals surface area contributed by atoms with Crippen molar-refractivity contribution in [1.29, 1.82) is 0 Å². The maximum absolute atomic E-state index is 12.4. The van der Waals surface area contributed by atoms with Crippen molar-refractivity contribution in [1.82, 2.24) is 0 Å². The first-order valence-electron chi connectivity index (χ1n) is 6.83. The Bertz CT molecular complexity index is 765. The van der Waals surface area contributed by atoms with Crippen LogP contribution in [0.15, 0.2) is 30.3 Å². The SMILES string of the molecule is Cc1c(O)c(C=O)c2c(c1O)C(=O)C[C@H](c1ccccc1)O2. The van der Waals surface area contributed by atoms with Crippen LogP contribution in [-0.4, -0.2) is 22.3 Å². The van der Waals surface area contributed by atoms with Crippen LogP contribution in [0, 0.1) is 6.92 Å². The number of ketones is 1. The summed E-state index contributed by atoms with van der Waals surface area (Å²) in [5.41, 5.74) is 0.734. The fourth-order valence-corrected chi connectivity index (χ4v) is 2.65. The second-order valence-corrected chi connectivity index (χ2v) is 5.20. The maximum atomic E-state index is 12.4. The normalized spacial score (nSPS) is 16.8. The molecule has 1 heterocycles. The first-order chi connectivity index (χ1) is 10.5. The molecule has 0 bridgehead atoms. The van der Waals surface area contributed by atoms with Crippen LogP contribution in [0.2, 0.25) is 0 Å². The van der Waals surface area contributed by atoms with Crippen LogP contribution < -0.4 is 4.74 Å². The lowest BCUT2D eigenvalue weighted by Gasteiger charge is -2.28. The van der Waals surface area contributed by atoms with Gasteiger partial charge in [-0.25, -0.2) is 0 Å². The molecule has 3 rings (SSSR count). The van der Waals surface area contributed by atoms with E-state index < -0.39 is 6.10 Å². The largest absolute Gasteiger partial charge is 0.507 e. The van der Waals surface area contributed by atoms with Gasteiger partial charge in [0.05, 0.1) is 12.0 Å². The molecule has 2 N–H and O–H groups in total. The summed E-state index contributed by atoms with van der Waals surface area (Å²) in [6.45, 7) is 1.44. The second-order valence-electron chi connectivity index (χ2n) is 5.20. The number of phenols is 2. The Labute approximate surface area is 126 Å². The van der Waals surface area contributed by atoms with Gasteiger partial charge in [0.25, 0.3) is 0 Å². The number of benzene rings is 2. The summed E-state index contributed by atoms with van der Waals surface area (Å²) in [6, 6.07) is 9.13. The minimum absolute atomic E-state index is 0.0374. The predicted octanol–water partition coefficient (Wildman–Crippen LogP) is 2.93. The van der Waals surface area contributed by atoms with Crippen molar-refractivity contribution in [2.45, 2.75) is 19.4 Å². The summed E-state index contributed by atoms with van der Waals surface area (Å²) in [7, 11) is 0. The molecule has 0 radical (unpaired) electrons. The molecular formula is C17H14O5. The Balaban J connectivity index is 2.17. The van der Waals surface area contributed by atoms with E-state index in [2.05, 4.69) is 0 Å². The number of carbonyl (C=O) groups excluding carboxylic acids is 2. The molecule has 0 fully saturated rings. The summed E-state index contributed by atoms with van der Waals surface area (Å²) in [5, 5.41) is 20.1. The van der Waals surface area contributed by atoms with Crippen LogP contribution in [0.3, 0.4) is 0 Å². The number of aldehydes is 1. The molecule has 112 valence electrons. The van der Waals surface area contributed by atoms with Crippen molar-refractivity contribution in [2.24, 2.45) is 0 Å². The highest BCUT2D eigenvalue weighted by Crippen LogP contribution is 2.46. The highest BCUT2D eigenvalue weighted by Gasteiger charge is 2.34. The lowest BCUT2D eigenvalue weighted by molar-refractivity contribution is 0.0841. The third-order valence-corrected chi connectivity index (χ3v) is 3.87. The van der Waals surface area contributed by atoms with E-state index in [1.807, 2.05) is 30.3 Å². The van der Waals surface area contributed by atoms with Crippen molar-refractivity contribution in [3.63, 3.8) is 0 Å². The standard InChI is InChI=1S/C17H14O5/c1-9-15(20)11(8-18)17-14(16(9)21)12(19)7-13(22-17)10-5-3-2-4-6-10/h2-6,8,13,20-21H,7H2,1H3/t13-/m1/s1. The van der Waals surface area contributed by atoms with Gasteiger partial charge in [0.1, 0.15) is 28.9 Å². The van der Waals surface area contributed by atoms with Crippen molar-refractivity contribution in [3.8, 4) is 17.2 Å². The molecule has 0 amide bonds. The van der Waals surface area contributed by atoms with Gasteiger partial charge in [-0.2, -0.15) is 0 Å². The van der Waals surface area contributed by atoms with Crippen LogP contribution in [0.1, 0.15) is 44.4 Å². The number of Topliss-reactive ketones (excluding diaryl/α,β-unsaturated/α-hetero) is 1. The molecule has 1 atom stereocenters. The van der Waals surface area contributed by atoms with Crippen LogP contribution in [0.4, 0.5) is 0 Å². The molecule has 22 heavy (non-hydrogen) atoms. The average Bonchev–Trinajstić information content (AvgIpc) is 2.53. The Hall–Kier alpha value is -2.82. The van der Waals surface area contributed by atoms with Gasteiger partial charge in [-0.05, 0) is 12.5 Å². The Kier molecular flexibility index (Phi) is 3.33. The Morgan fingerprint density at radius 1 is 1.18 bits per heavy atom. The smallest absolute Gasteiger partial charge is 0.174 e. The zero-order valence-electron chi connectivity index (χ0n) is 11.9. The third kappa shape index (κ3) is 2.02. The quantitative estimate of drug-likeness (QED) is 0.833. The number of hydrogen-bond donors (Lipinski definition) is 2. The summed E-state index contributed by atoms with van der Waals surface area (Å²) < 4.78 is 5.76. The number of aromatic hydroxyl groups is 2. The topological polar surface area (TPSA) is 83.8 Å². The van der Waals surface area contributed by atoms with E-state index in [0.29, 0.717) is 6.29 Å². The minimum atomic E-state index is -0.554. The zero-order valence-corrected chi connectivity index (χ0v) is 11.9. The van der Waals surface area contributed by atoms with Crippen molar-refractivity contribution in [2.75, 3.05) is 0 Å². The third-order valence-electron chi connectivity index (χ3n) is 3.87. The monoisotopic (exact) mass is 298 g/mol. The first kappa shape index (κ1) is 14.1. The van der Waals surface area contributed by atoms with E-state index in [1.165, 1.54) is 6.92 Å². The molecule has 0 aromatic heterocycles. The molecule has 1 aliphatic heterocycles. The molecular weight excluding hydrogens is 284 g/mol. The van der Waals surface area contributed by atoms with Gasteiger partial charge < -0.3 is 14.9 Å². The van der Waals surface area contributed by atoms with Gasteiger partial charge in [0, 0.05) is 5.56 Å². The molecule has 1 aliphatic rings. The van der Waals surface area contributed by atoms with Gasteiger partial charge in [0.15, 0.2) is 12.1 Å². The molecule has 0 saturated carbocycles. The predicted molar refractivity (Wildman–Crippen MR) is 78.7 cm³/mol. The fraction of sp³-hybridized carbons (Fsp3) is 0.176. The van der Waals surface area contributed by atoms with Gasteiger partial charge in [-0.1, -0.05) is 30.3 Å². The van der Waals surface area contributed by atoms with E-state index in [9.17, 15) is 19.8 Å². The number of rotatable bonds is 2. The van der Waals surface area contributed by atoms with Crippen LogP contribution in [0.5, 0.6) is 17.2 Å². The summed E-state index contributed by atoms with van der Waals surface area (Å²) in [6.07, 6.45) is -0.0599. The van der Waals surface area contributed by atoms with Gasteiger partial charge in [0.2, 0.25) is 0 Å². The second kappa shape index (κ2) is 5.18. The highest BCUT2D eigenvalue weighted by molar-refractivity contribution is 6.06. The lowest BCUT2D eigenvalue weighted by Crippen LogP contribution is -2.22. The molecule has 2 aromatic carbocycles. The van der Waals surface area contributed by atoms with Crippen LogP contribution in [-0.2, 0) is 0 Å². The lowest BCUT2D eigenvalue weighted by atomic mass is 9.91. The van der Waals surface area contributed by atoms with E-state index in [1.54, 1.807) is 0 Å². The molecule has 0 aliphatic carbocycles. The maximum Gasteiger partial charge on any atom is 0.174 e. The number of hydrogen-bond acceptors (Lipinski definition) is 5. The molecule has 0 spiro atoms. The fourth-order valence-electron chi connectivity index (χ4n) is 2.65. The Morgan fingerprint density at radius 2 is 1.86 bits per heavy atom. The van der Waals surface area contributed by atoms with Crippen molar-refractivity contribution in [3.05, 3.63) is 52.6 Å². The number of phenolic OH excluding ortho intramolecular Hbond substituents is 2. The molecule has 0 saturated heterocycles. The van der Waals surface area contributed by atoms with Crippen molar-refractivity contribution >= 4 is 12.1 Å². The van der Waals surface area contributed by atoms with E-state index in [4.69, 9.17) is 4.74 Å². The average molecular weight is 298 g/mol. The molecule has 5 heteroatoms. The Morgan fingerprint density at radius 3 is 2.50 bits per heavy atom. The number of fused-ring (bicyclic) bond motifs is 1. The molecule has 0 unspecified atom stereocenters. The summed E-state index contributed by atoms with van der Waals surface area (Å²) in [4.78, 5) is 23.7. The zero-order chi connectivity index (χ0) is 15.9. The van der Waals surface area contributed by atoms with Gasteiger partial charge >= 0.3 is 0 Å². The van der Waals surface area contributed by atoms with E-state index in [0.717, 1.165) is 5.56 Å². The molecule has 2 aromatic rings. The van der Waals surface area contributed by atoms with E-state index in [-0.39, 0.29) is 46.1 Å². The van der Waals surface area contributed by atoms with Gasteiger partial charge in [-0.15, -0.1) is 0 Å². The van der Waals surface area contributed by atoms with E-state index >= 15 is 0 Å². The minimum Gasteiger partial charge on any atom is -0.507 e. The van der Waals surface area contributed by atoms with Crippen LogP contribution in [0.25, 0.3) is 0 Å².